The van der Waals surface area contributed by atoms with E-state index < -0.39 is 0 Å². The molecule has 3 N–H and O–H groups in total. The van der Waals surface area contributed by atoms with Gasteiger partial charge in [-0.3, -0.25) is 5.41 Å². The van der Waals surface area contributed by atoms with Crippen molar-refractivity contribution in [3.8, 4) is 0 Å². The molecule has 17 heavy (non-hydrogen) atoms. The van der Waals surface area contributed by atoms with Gasteiger partial charge in [0, 0.05) is 29.8 Å². The summed E-state index contributed by atoms with van der Waals surface area (Å²) >= 11 is 1.97. The molecule has 1 saturated heterocycles. The van der Waals surface area contributed by atoms with E-state index in [4.69, 9.17) is 11.1 Å². The maximum atomic E-state index is 7.45. The Morgan fingerprint density at radius 3 is 3.00 bits per heavy atom. The molecule has 0 bridgehead atoms. The fourth-order valence-electron chi connectivity index (χ4n) is 1.83. The highest BCUT2D eigenvalue weighted by Gasteiger charge is 2.19. The fourth-order valence-corrected chi connectivity index (χ4v) is 2.85. The molecule has 1 fully saturated rings. The third kappa shape index (κ3) is 2.88. The van der Waals surface area contributed by atoms with Gasteiger partial charge in [0.05, 0.1) is 0 Å². The Bertz CT molecular complexity index is 434. The van der Waals surface area contributed by atoms with Gasteiger partial charge in [0.15, 0.2) is 0 Å². The summed E-state index contributed by atoms with van der Waals surface area (Å²) in [6.07, 6.45) is 0. The lowest BCUT2D eigenvalue weighted by Gasteiger charge is -2.30. The molecule has 1 aromatic rings. The topological polar surface area (TPSA) is 78.9 Å². The van der Waals surface area contributed by atoms with Crippen LogP contribution in [0.4, 0.5) is 5.95 Å². The predicted octanol–water partition coefficient (Wildman–Crippen LogP) is 1.01. The lowest BCUT2D eigenvalue weighted by molar-refractivity contribution is 0.751. The molecule has 2 rings (SSSR count). The second-order valence-corrected chi connectivity index (χ2v) is 5.78. The van der Waals surface area contributed by atoms with Gasteiger partial charge in [-0.05, 0) is 13.0 Å². The number of aryl methyl sites for hydroxylation is 1. The fraction of sp³-hybridized carbons (Fsp3) is 0.545. The number of hydrogen-bond donors (Lipinski definition) is 2. The van der Waals surface area contributed by atoms with Gasteiger partial charge in [-0.25, -0.2) is 9.97 Å². The Labute approximate surface area is 105 Å². The standard InChI is InChI=1S/C11H17N5S/c1-7-5-9(10(12)13)15-11(14-7)16-3-4-17-8(2)6-16/h5,8H,3-4,6H2,1-2H3,(H3,12,13). The second kappa shape index (κ2) is 4.91. The first kappa shape index (κ1) is 12.2. The summed E-state index contributed by atoms with van der Waals surface area (Å²) < 4.78 is 0. The Morgan fingerprint density at radius 1 is 1.59 bits per heavy atom. The molecule has 0 amide bonds. The average Bonchev–Trinajstić information content (AvgIpc) is 2.28. The minimum atomic E-state index is -0.00353. The average molecular weight is 251 g/mol. The highest BCUT2D eigenvalue weighted by molar-refractivity contribution is 8.00. The van der Waals surface area contributed by atoms with Crippen molar-refractivity contribution in [3.05, 3.63) is 17.5 Å². The van der Waals surface area contributed by atoms with E-state index in [1.165, 1.54) is 0 Å². The molecule has 6 heteroatoms. The largest absolute Gasteiger partial charge is 0.382 e. The van der Waals surface area contributed by atoms with Crippen molar-refractivity contribution in [2.45, 2.75) is 19.1 Å². The number of rotatable bonds is 2. The van der Waals surface area contributed by atoms with Crippen LogP contribution in [0.15, 0.2) is 6.07 Å². The van der Waals surface area contributed by atoms with E-state index >= 15 is 0 Å². The molecule has 0 aromatic carbocycles. The van der Waals surface area contributed by atoms with Crippen molar-refractivity contribution in [1.82, 2.24) is 9.97 Å². The number of nitrogens with two attached hydrogens (primary N) is 1. The number of anilines is 1. The molecule has 92 valence electrons. The van der Waals surface area contributed by atoms with Crippen LogP contribution in [-0.4, -0.2) is 39.9 Å². The Balaban J connectivity index is 2.28. The molecule has 1 atom stereocenters. The van der Waals surface area contributed by atoms with Crippen LogP contribution in [0.3, 0.4) is 0 Å². The van der Waals surface area contributed by atoms with Crippen molar-refractivity contribution in [1.29, 1.82) is 5.41 Å². The third-order valence-electron chi connectivity index (χ3n) is 2.64. The summed E-state index contributed by atoms with van der Waals surface area (Å²) in [5, 5.41) is 8.04. The molecule has 0 radical (unpaired) electrons. The predicted molar refractivity (Wildman–Crippen MR) is 71.9 cm³/mol. The number of aromatic nitrogens is 2. The molecule has 1 aliphatic rings. The van der Waals surface area contributed by atoms with E-state index in [0.29, 0.717) is 16.9 Å². The van der Waals surface area contributed by atoms with Crippen LogP contribution in [-0.2, 0) is 0 Å². The molecule has 0 saturated carbocycles. The van der Waals surface area contributed by atoms with Crippen molar-refractivity contribution >= 4 is 23.5 Å². The van der Waals surface area contributed by atoms with Gasteiger partial charge in [0.2, 0.25) is 5.95 Å². The second-order valence-electron chi connectivity index (χ2n) is 4.24. The smallest absolute Gasteiger partial charge is 0.226 e. The zero-order valence-electron chi connectivity index (χ0n) is 10.1. The number of nitrogens with one attached hydrogen (secondary N) is 1. The molecular formula is C11H17N5S. The minimum absolute atomic E-state index is 0.00353. The molecule has 1 aliphatic heterocycles. The number of amidine groups is 1. The Hall–Kier alpha value is -1.30. The first-order valence-corrected chi connectivity index (χ1v) is 6.68. The lowest BCUT2D eigenvalue weighted by Crippen LogP contribution is -2.38. The van der Waals surface area contributed by atoms with E-state index in [1.54, 1.807) is 6.07 Å². The first-order chi connectivity index (χ1) is 8.06. The van der Waals surface area contributed by atoms with E-state index in [-0.39, 0.29) is 5.84 Å². The molecule has 1 unspecified atom stereocenters. The van der Waals surface area contributed by atoms with Gasteiger partial charge in [0.25, 0.3) is 0 Å². The molecular weight excluding hydrogens is 234 g/mol. The maximum absolute atomic E-state index is 7.45. The molecule has 2 heterocycles. The lowest BCUT2D eigenvalue weighted by atomic mass is 10.3. The van der Waals surface area contributed by atoms with Crippen molar-refractivity contribution in [2.24, 2.45) is 5.73 Å². The maximum Gasteiger partial charge on any atom is 0.226 e. The Kier molecular flexibility index (Phi) is 3.51. The monoisotopic (exact) mass is 251 g/mol. The summed E-state index contributed by atoms with van der Waals surface area (Å²) in [5.74, 6) is 1.78. The molecule has 0 aliphatic carbocycles. The van der Waals surface area contributed by atoms with Crippen LogP contribution in [0.2, 0.25) is 0 Å². The molecule has 5 nitrogen and oxygen atoms in total. The zero-order valence-corrected chi connectivity index (χ0v) is 10.9. The van der Waals surface area contributed by atoms with E-state index in [9.17, 15) is 0 Å². The first-order valence-electron chi connectivity index (χ1n) is 5.63. The van der Waals surface area contributed by atoms with E-state index in [2.05, 4.69) is 21.8 Å². The SMILES string of the molecule is Cc1cc(C(=N)N)nc(N2CCSC(C)C2)n1. The summed E-state index contributed by atoms with van der Waals surface area (Å²) in [6, 6.07) is 1.74. The van der Waals surface area contributed by atoms with E-state index in [0.717, 1.165) is 24.5 Å². The zero-order chi connectivity index (χ0) is 12.4. The number of thioether (sulfide) groups is 1. The van der Waals surface area contributed by atoms with Crippen molar-refractivity contribution < 1.29 is 0 Å². The van der Waals surface area contributed by atoms with Gasteiger partial charge in [0.1, 0.15) is 11.5 Å². The normalized spacial score (nSPS) is 20.4. The van der Waals surface area contributed by atoms with Crippen LogP contribution < -0.4 is 10.6 Å². The molecule has 0 spiro atoms. The van der Waals surface area contributed by atoms with Crippen LogP contribution in [0.5, 0.6) is 0 Å². The van der Waals surface area contributed by atoms with Gasteiger partial charge in [-0.2, -0.15) is 11.8 Å². The summed E-state index contributed by atoms with van der Waals surface area (Å²) in [4.78, 5) is 10.9. The van der Waals surface area contributed by atoms with Gasteiger partial charge < -0.3 is 10.6 Å². The highest BCUT2D eigenvalue weighted by atomic mass is 32.2. The summed E-state index contributed by atoms with van der Waals surface area (Å²) in [6.45, 7) is 6.01. The number of nitrogens with zero attached hydrogens (tertiary/aromatic N) is 3. The minimum Gasteiger partial charge on any atom is -0.382 e. The van der Waals surface area contributed by atoms with Crippen LogP contribution >= 0.6 is 11.8 Å². The van der Waals surface area contributed by atoms with Crippen molar-refractivity contribution in [2.75, 3.05) is 23.7 Å². The Morgan fingerprint density at radius 2 is 2.35 bits per heavy atom. The van der Waals surface area contributed by atoms with E-state index in [1.807, 2.05) is 18.7 Å². The van der Waals surface area contributed by atoms with Crippen molar-refractivity contribution in [3.63, 3.8) is 0 Å². The van der Waals surface area contributed by atoms with Gasteiger partial charge in [-0.1, -0.05) is 6.92 Å². The molecule has 1 aromatic heterocycles. The van der Waals surface area contributed by atoms with Crippen LogP contribution in [0.25, 0.3) is 0 Å². The summed E-state index contributed by atoms with van der Waals surface area (Å²) in [5.41, 5.74) is 6.84. The number of hydrogen-bond acceptors (Lipinski definition) is 5. The summed E-state index contributed by atoms with van der Waals surface area (Å²) in [7, 11) is 0. The third-order valence-corrected chi connectivity index (χ3v) is 3.78. The van der Waals surface area contributed by atoms with Gasteiger partial charge >= 0.3 is 0 Å². The highest BCUT2D eigenvalue weighted by Crippen LogP contribution is 2.21. The van der Waals surface area contributed by atoms with Gasteiger partial charge in [-0.15, -0.1) is 0 Å². The quantitative estimate of drug-likeness (QED) is 0.606. The van der Waals surface area contributed by atoms with Crippen LogP contribution in [0, 0.1) is 12.3 Å². The van der Waals surface area contributed by atoms with Crippen LogP contribution in [0.1, 0.15) is 18.3 Å². The number of nitrogen functional groups attached to an aromatic ring is 1.